The summed E-state index contributed by atoms with van der Waals surface area (Å²) in [6.45, 7) is 2.22. The van der Waals surface area contributed by atoms with Crippen LogP contribution in [0.4, 0.5) is 0 Å². The standard InChI is InChI=1S/C22H26OS/c1-3-4-5-6-8-19-9-7-10-20(17-19)22(23)16-13-18-11-14-21(24-2)15-12-18/h7,9-17H,3-6,8H2,1-2H3/b16-13+. The molecule has 2 aromatic carbocycles. The monoisotopic (exact) mass is 338 g/mol. The number of rotatable bonds is 9. The average Bonchev–Trinajstić information content (AvgIpc) is 2.64. The maximum Gasteiger partial charge on any atom is 0.185 e. The van der Waals surface area contributed by atoms with Gasteiger partial charge >= 0.3 is 0 Å². The van der Waals surface area contributed by atoms with Crippen molar-refractivity contribution in [1.29, 1.82) is 0 Å². The summed E-state index contributed by atoms with van der Waals surface area (Å²) in [5.74, 6) is 0.0688. The molecule has 0 aliphatic rings. The predicted molar refractivity (Wildman–Crippen MR) is 106 cm³/mol. The summed E-state index contributed by atoms with van der Waals surface area (Å²) in [5, 5.41) is 0. The maximum atomic E-state index is 12.4. The Hall–Kier alpha value is -1.80. The zero-order valence-corrected chi connectivity index (χ0v) is 15.4. The zero-order valence-electron chi connectivity index (χ0n) is 14.6. The van der Waals surface area contributed by atoms with E-state index in [1.165, 1.54) is 36.1 Å². The summed E-state index contributed by atoms with van der Waals surface area (Å²) in [6, 6.07) is 16.3. The van der Waals surface area contributed by atoms with Gasteiger partial charge in [0.25, 0.3) is 0 Å². The van der Waals surface area contributed by atoms with Crippen LogP contribution in [0.3, 0.4) is 0 Å². The van der Waals surface area contributed by atoms with Gasteiger partial charge in [0.2, 0.25) is 0 Å². The van der Waals surface area contributed by atoms with Crippen molar-refractivity contribution in [3.63, 3.8) is 0 Å². The fourth-order valence-corrected chi connectivity index (χ4v) is 3.03. The van der Waals surface area contributed by atoms with Crippen molar-refractivity contribution in [2.75, 3.05) is 6.26 Å². The molecule has 0 aromatic heterocycles. The lowest BCUT2D eigenvalue weighted by molar-refractivity contribution is 0.104. The molecule has 0 amide bonds. The summed E-state index contributed by atoms with van der Waals surface area (Å²) >= 11 is 1.72. The van der Waals surface area contributed by atoms with Gasteiger partial charge in [-0.1, -0.05) is 62.6 Å². The van der Waals surface area contributed by atoms with Crippen LogP contribution < -0.4 is 0 Å². The van der Waals surface area contributed by atoms with E-state index in [-0.39, 0.29) is 5.78 Å². The maximum absolute atomic E-state index is 12.4. The van der Waals surface area contributed by atoms with Gasteiger partial charge in [0, 0.05) is 10.5 Å². The number of aryl methyl sites for hydroxylation is 1. The minimum absolute atomic E-state index is 0.0688. The summed E-state index contributed by atoms with van der Waals surface area (Å²) in [5.41, 5.74) is 3.09. The van der Waals surface area contributed by atoms with Gasteiger partial charge in [-0.05, 0) is 54.5 Å². The molecule has 0 bridgehead atoms. The first-order valence-electron chi connectivity index (χ1n) is 8.68. The highest BCUT2D eigenvalue weighted by Gasteiger charge is 2.03. The molecule has 0 saturated heterocycles. The zero-order chi connectivity index (χ0) is 17.2. The summed E-state index contributed by atoms with van der Waals surface area (Å²) < 4.78 is 0. The third-order valence-electron chi connectivity index (χ3n) is 4.07. The van der Waals surface area contributed by atoms with E-state index in [0.717, 1.165) is 17.5 Å². The highest BCUT2D eigenvalue weighted by atomic mass is 32.2. The number of benzene rings is 2. The Morgan fingerprint density at radius 2 is 1.83 bits per heavy atom. The fourth-order valence-electron chi connectivity index (χ4n) is 2.62. The van der Waals surface area contributed by atoms with Crippen molar-refractivity contribution in [1.82, 2.24) is 0 Å². The van der Waals surface area contributed by atoms with Crippen LogP contribution >= 0.6 is 11.8 Å². The van der Waals surface area contributed by atoms with E-state index in [9.17, 15) is 4.79 Å². The summed E-state index contributed by atoms with van der Waals surface area (Å²) in [6.07, 6.45) is 11.7. The fraction of sp³-hybridized carbons (Fsp3) is 0.318. The van der Waals surface area contributed by atoms with Crippen LogP contribution in [0, 0.1) is 0 Å². The van der Waals surface area contributed by atoms with Gasteiger partial charge in [-0.25, -0.2) is 0 Å². The van der Waals surface area contributed by atoms with Crippen molar-refractivity contribution in [3.05, 3.63) is 71.3 Å². The first kappa shape index (κ1) is 18.5. The van der Waals surface area contributed by atoms with Gasteiger partial charge in [-0.3, -0.25) is 4.79 Å². The Balaban J connectivity index is 1.96. The Bertz CT molecular complexity index is 671. The largest absolute Gasteiger partial charge is 0.289 e. The van der Waals surface area contributed by atoms with Crippen LogP contribution in [0.15, 0.2) is 59.5 Å². The molecule has 0 saturated carbocycles. The van der Waals surface area contributed by atoms with E-state index in [2.05, 4.69) is 31.4 Å². The topological polar surface area (TPSA) is 17.1 Å². The van der Waals surface area contributed by atoms with E-state index >= 15 is 0 Å². The van der Waals surface area contributed by atoms with Crippen LogP contribution in [-0.2, 0) is 6.42 Å². The minimum atomic E-state index is 0.0688. The van der Waals surface area contributed by atoms with E-state index in [0.29, 0.717) is 0 Å². The van der Waals surface area contributed by atoms with Crippen LogP contribution in [-0.4, -0.2) is 12.0 Å². The van der Waals surface area contributed by atoms with Crippen LogP contribution in [0.2, 0.25) is 0 Å². The second kappa shape index (κ2) is 10.1. The van der Waals surface area contributed by atoms with Crippen molar-refractivity contribution >= 4 is 23.6 Å². The lowest BCUT2D eigenvalue weighted by Crippen LogP contribution is -1.96. The molecule has 0 aliphatic carbocycles. The molecule has 0 N–H and O–H groups in total. The van der Waals surface area contributed by atoms with E-state index in [1.807, 2.05) is 36.4 Å². The molecular weight excluding hydrogens is 312 g/mol. The second-order valence-corrected chi connectivity index (χ2v) is 6.86. The highest BCUT2D eigenvalue weighted by Crippen LogP contribution is 2.16. The Morgan fingerprint density at radius 3 is 2.54 bits per heavy atom. The Kier molecular flexibility index (Phi) is 7.84. The number of hydrogen-bond donors (Lipinski definition) is 0. The smallest absolute Gasteiger partial charge is 0.185 e. The molecule has 0 heterocycles. The van der Waals surface area contributed by atoms with Crippen LogP contribution in [0.1, 0.15) is 54.1 Å². The number of unbranched alkanes of at least 4 members (excludes halogenated alkanes) is 3. The molecule has 24 heavy (non-hydrogen) atoms. The number of hydrogen-bond acceptors (Lipinski definition) is 2. The molecule has 2 aromatic rings. The van der Waals surface area contributed by atoms with Crippen molar-refractivity contribution in [2.24, 2.45) is 0 Å². The number of thioether (sulfide) groups is 1. The quantitative estimate of drug-likeness (QED) is 0.227. The van der Waals surface area contributed by atoms with E-state index in [1.54, 1.807) is 17.8 Å². The first-order chi connectivity index (χ1) is 11.7. The molecule has 0 atom stereocenters. The Morgan fingerprint density at radius 1 is 1.04 bits per heavy atom. The summed E-state index contributed by atoms with van der Waals surface area (Å²) in [4.78, 5) is 13.6. The first-order valence-corrected chi connectivity index (χ1v) is 9.91. The second-order valence-electron chi connectivity index (χ2n) is 5.98. The minimum Gasteiger partial charge on any atom is -0.289 e. The van der Waals surface area contributed by atoms with Gasteiger partial charge in [0.15, 0.2) is 5.78 Å². The van der Waals surface area contributed by atoms with Crippen molar-refractivity contribution in [3.8, 4) is 0 Å². The lowest BCUT2D eigenvalue weighted by Gasteiger charge is -2.03. The Labute approximate surface area is 150 Å². The third-order valence-corrected chi connectivity index (χ3v) is 4.82. The number of ketones is 1. The average molecular weight is 339 g/mol. The molecule has 126 valence electrons. The number of carbonyl (C=O) groups is 1. The molecule has 2 rings (SSSR count). The summed E-state index contributed by atoms with van der Waals surface area (Å²) in [7, 11) is 0. The number of carbonyl (C=O) groups excluding carboxylic acids is 1. The van der Waals surface area contributed by atoms with Crippen molar-refractivity contribution in [2.45, 2.75) is 43.9 Å². The van der Waals surface area contributed by atoms with Crippen LogP contribution in [0.5, 0.6) is 0 Å². The van der Waals surface area contributed by atoms with Crippen LogP contribution in [0.25, 0.3) is 6.08 Å². The molecule has 0 radical (unpaired) electrons. The molecule has 0 spiro atoms. The van der Waals surface area contributed by atoms with Gasteiger partial charge in [0.05, 0.1) is 0 Å². The molecule has 0 aliphatic heterocycles. The van der Waals surface area contributed by atoms with E-state index < -0.39 is 0 Å². The molecule has 1 nitrogen and oxygen atoms in total. The van der Waals surface area contributed by atoms with E-state index in [4.69, 9.17) is 0 Å². The van der Waals surface area contributed by atoms with Gasteiger partial charge < -0.3 is 0 Å². The molecule has 2 heteroatoms. The highest BCUT2D eigenvalue weighted by molar-refractivity contribution is 7.98. The number of allylic oxidation sites excluding steroid dienone is 1. The lowest BCUT2D eigenvalue weighted by atomic mass is 10.0. The SMILES string of the molecule is CCCCCCc1cccc(C(=O)/C=C/c2ccc(SC)cc2)c1. The molecular formula is C22H26OS. The normalized spacial score (nSPS) is 11.1. The molecule has 0 unspecified atom stereocenters. The third kappa shape index (κ3) is 6.01. The van der Waals surface area contributed by atoms with Gasteiger partial charge in [-0.2, -0.15) is 0 Å². The van der Waals surface area contributed by atoms with Crippen molar-refractivity contribution < 1.29 is 4.79 Å². The van der Waals surface area contributed by atoms with Gasteiger partial charge in [-0.15, -0.1) is 11.8 Å². The van der Waals surface area contributed by atoms with Gasteiger partial charge in [0.1, 0.15) is 0 Å². The predicted octanol–water partition coefficient (Wildman–Crippen LogP) is 6.43. The molecule has 0 fully saturated rings.